The molecule has 1 aliphatic heterocycles. The third kappa shape index (κ3) is 23.5. The number of carboxylic acids is 1. The lowest BCUT2D eigenvalue weighted by atomic mass is 9.93. The number of hydrogen-bond donors (Lipinski definition) is 6. The third-order valence-corrected chi connectivity index (χ3v) is 8.10. The first-order valence-corrected chi connectivity index (χ1v) is 17.8. The summed E-state index contributed by atoms with van der Waals surface area (Å²) in [5.74, 6) is 0.792. The van der Waals surface area contributed by atoms with E-state index in [1.165, 1.54) is 38.8 Å². The SMILES string of the molecule is CC(Cc1ccc(OCCCCC2CCNCC2)cc1)C(=O)O.CNC(=O)CCCCN(CCNCC(C)(C)S)CC(C)(C)S. The van der Waals surface area contributed by atoms with Gasteiger partial charge in [0.15, 0.2) is 0 Å². The first kappa shape index (κ1) is 41.6. The van der Waals surface area contributed by atoms with Crippen LogP contribution in [0.4, 0.5) is 0 Å². The second kappa shape index (κ2) is 23.0. The molecule has 8 nitrogen and oxygen atoms in total. The summed E-state index contributed by atoms with van der Waals surface area (Å²) in [5, 5.41) is 18.5. The predicted molar refractivity (Wildman–Crippen MR) is 195 cm³/mol. The van der Waals surface area contributed by atoms with Crippen LogP contribution in [0.15, 0.2) is 24.3 Å². The largest absolute Gasteiger partial charge is 0.494 e. The van der Waals surface area contributed by atoms with E-state index >= 15 is 0 Å². The van der Waals surface area contributed by atoms with Crippen LogP contribution >= 0.6 is 25.3 Å². The number of aliphatic carboxylic acids is 1. The number of thiol groups is 2. The molecule has 0 spiro atoms. The zero-order valence-corrected chi connectivity index (χ0v) is 30.8. The van der Waals surface area contributed by atoms with Crippen molar-refractivity contribution in [3.8, 4) is 5.75 Å². The van der Waals surface area contributed by atoms with Crippen LogP contribution < -0.4 is 20.7 Å². The molecular weight excluding hydrogens is 605 g/mol. The van der Waals surface area contributed by atoms with Crippen molar-refractivity contribution < 1.29 is 19.4 Å². The second-order valence-electron chi connectivity index (χ2n) is 13.8. The maximum absolute atomic E-state index is 11.2. The summed E-state index contributed by atoms with van der Waals surface area (Å²) < 4.78 is 5.78. The van der Waals surface area contributed by atoms with Gasteiger partial charge < -0.3 is 30.7 Å². The third-order valence-electron chi connectivity index (χ3n) is 7.80. The summed E-state index contributed by atoms with van der Waals surface area (Å²) in [6, 6.07) is 7.81. The molecule has 1 amide bonds. The Balaban J connectivity index is 0.000000451. The lowest BCUT2D eigenvalue weighted by Gasteiger charge is -2.30. The van der Waals surface area contributed by atoms with Crippen LogP contribution in [-0.2, 0) is 16.0 Å². The normalized spacial score (nSPS) is 14.9. The Morgan fingerprint density at radius 2 is 1.69 bits per heavy atom. The molecule has 2 rings (SSSR count). The monoisotopic (exact) mass is 668 g/mol. The molecule has 0 bridgehead atoms. The van der Waals surface area contributed by atoms with Gasteiger partial charge in [0, 0.05) is 49.1 Å². The van der Waals surface area contributed by atoms with E-state index in [0.29, 0.717) is 12.8 Å². The molecule has 1 aliphatic rings. The molecule has 4 N–H and O–H groups in total. The first-order valence-electron chi connectivity index (χ1n) is 16.9. The van der Waals surface area contributed by atoms with E-state index in [-0.39, 0.29) is 21.3 Å². The lowest BCUT2D eigenvalue weighted by Crippen LogP contribution is -2.41. The molecule has 1 aromatic rings. The summed E-state index contributed by atoms with van der Waals surface area (Å²) in [6.45, 7) is 18.1. The summed E-state index contributed by atoms with van der Waals surface area (Å²) in [5.41, 5.74) is 1.04. The number of carboxylic acid groups (broad SMARTS) is 1. The van der Waals surface area contributed by atoms with Gasteiger partial charge in [-0.3, -0.25) is 9.59 Å². The van der Waals surface area contributed by atoms with Gasteiger partial charge in [0.05, 0.1) is 12.5 Å². The van der Waals surface area contributed by atoms with Gasteiger partial charge in [-0.2, -0.15) is 25.3 Å². The molecule has 10 heteroatoms. The average molecular weight is 669 g/mol. The topological polar surface area (TPSA) is 103 Å². The van der Waals surface area contributed by atoms with Gasteiger partial charge in [-0.05, 0) is 116 Å². The maximum Gasteiger partial charge on any atom is 0.306 e. The van der Waals surface area contributed by atoms with Crippen molar-refractivity contribution in [2.75, 3.05) is 59.5 Å². The highest BCUT2D eigenvalue weighted by molar-refractivity contribution is 7.82. The standard InChI is InChI=1S/C19H29NO3.C16H35N3OS2/c1-15(19(21)22)14-17-5-7-18(8-6-17)23-13-3-2-4-16-9-11-20-12-10-16;1-15(2,21)12-18-9-11-19(13-16(3,4)22)10-7-6-8-14(20)17-5/h5-8,15-16,20H,2-4,9-14H2,1H3,(H,21,22);18,21-22H,6-13H2,1-5H3,(H,17,20). The van der Waals surface area contributed by atoms with E-state index in [2.05, 4.69) is 73.8 Å². The Bertz CT molecular complexity index is 929. The van der Waals surface area contributed by atoms with Crippen molar-refractivity contribution in [2.24, 2.45) is 11.8 Å². The number of ether oxygens (including phenoxy) is 1. The van der Waals surface area contributed by atoms with Crippen LogP contribution in [0.5, 0.6) is 5.75 Å². The highest BCUT2D eigenvalue weighted by atomic mass is 32.1. The number of carbonyl (C=O) groups is 2. The molecule has 0 aromatic heterocycles. The van der Waals surface area contributed by atoms with Gasteiger partial charge in [0.25, 0.3) is 0 Å². The van der Waals surface area contributed by atoms with Crippen molar-refractivity contribution >= 4 is 37.1 Å². The van der Waals surface area contributed by atoms with Gasteiger partial charge in [-0.1, -0.05) is 25.5 Å². The van der Waals surface area contributed by atoms with Crippen LogP contribution in [0.2, 0.25) is 0 Å². The fourth-order valence-electron chi connectivity index (χ4n) is 5.25. The Kier molecular flexibility index (Phi) is 21.2. The molecule has 1 aromatic carbocycles. The molecule has 0 radical (unpaired) electrons. The van der Waals surface area contributed by atoms with Crippen molar-refractivity contribution in [2.45, 2.75) is 102 Å². The van der Waals surface area contributed by atoms with Crippen LogP contribution in [0.1, 0.15) is 91.5 Å². The lowest BCUT2D eigenvalue weighted by molar-refractivity contribution is -0.141. The Morgan fingerprint density at radius 1 is 1.02 bits per heavy atom. The van der Waals surface area contributed by atoms with Gasteiger partial charge in [0.1, 0.15) is 5.75 Å². The number of carbonyl (C=O) groups excluding carboxylic acids is 1. The predicted octanol–water partition coefficient (Wildman–Crippen LogP) is 5.71. The molecular formula is C35H64N4O4S2. The Labute approximate surface area is 285 Å². The fourth-order valence-corrected chi connectivity index (χ4v) is 5.56. The van der Waals surface area contributed by atoms with Crippen LogP contribution in [0.3, 0.4) is 0 Å². The van der Waals surface area contributed by atoms with Crippen molar-refractivity contribution in [3.63, 3.8) is 0 Å². The smallest absolute Gasteiger partial charge is 0.306 e. The molecule has 260 valence electrons. The number of hydrogen-bond acceptors (Lipinski definition) is 8. The fraction of sp³-hybridized carbons (Fsp3) is 0.771. The molecule has 0 saturated carbocycles. The van der Waals surface area contributed by atoms with Gasteiger partial charge >= 0.3 is 5.97 Å². The number of nitrogens with one attached hydrogen (secondary N) is 3. The number of piperidine rings is 1. The molecule has 1 heterocycles. The van der Waals surface area contributed by atoms with Gasteiger partial charge in [-0.25, -0.2) is 0 Å². The molecule has 45 heavy (non-hydrogen) atoms. The number of nitrogens with zero attached hydrogens (tertiary/aromatic N) is 1. The minimum atomic E-state index is -0.751. The summed E-state index contributed by atoms with van der Waals surface area (Å²) in [7, 11) is 1.69. The van der Waals surface area contributed by atoms with Crippen LogP contribution in [0.25, 0.3) is 0 Å². The summed E-state index contributed by atoms with van der Waals surface area (Å²) >= 11 is 9.16. The summed E-state index contributed by atoms with van der Waals surface area (Å²) in [6.07, 6.45) is 9.42. The van der Waals surface area contributed by atoms with Crippen LogP contribution in [0, 0.1) is 11.8 Å². The van der Waals surface area contributed by atoms with E-state index in [9.17, 15) is 9.59 Å². The highest BCUT2D eigenvalue weighted by Gasteiger charge is 2.18. The van der Waals surface area contributed by atoms with E-state index in [1.54, 1.807) is 14.0 Å². The second-order valence-corrected chi connectivity index (χ2v) is 16.3. The van der Waals surface area contributed by atoms with Crippen molar-refractivity contribution in [3.05, 3.63) is 29.8 Å². The molecule has 1 unspecified atom stereocenters. The summed E-state index contributed by atoms with van der Waals surface area (Å²) in [4.78, 5) is 24.5. The Hall–Kier alpha value is -1.46. The van der Waals surface area contributed by atoms with Crippen molar-refractivity contribution in [1.29, 1.82) is 0 Å². The van der Waals surface area contributed by atoms with Crippen molar-refractivity contribution in [1.82, 2.24) is 20.9 Å². The quantitative estimate of drug-likeness (QED) is 0.0737. The Morgan fingerprint density at radius 3 is 2.27 bits per heavy atom. The molecule has 1 atom stereocenters. The first-order chi connectivity index (χ1) is 21.2. The average Bonchev–Trinajstić information content (AvgIpc) is 2.97. The minimum Gasteiger partial charge on any atom is -0.494 e. The van der Waals surface area contributed by atoms with Gasteiger partial charge in [0.2, 0.25) is 5.91 Å². The van der Waals surface area contributed by atoms with Crippen LogP contribution in [-0.4, -0.2) is 90.8 Å². The number of rotatable bonds is 21. The van der Waals surface area contributed by atoms with E-state index < -0.39 is 5.97 Å². The number of amides is 1. The maximum atomic E-state index is 11.2. The number of unbranched alkanes of at least 4 members (excludes halogenated alkanes) is 2. The zero-order chi connectivity index (χ0) is 33.7. The zero-order valence-electron chi connectivity index (χ0n) is 29.0. The highest BCUT2D eigenvalue weighted by Crippen LogP contribution is 2.20. The van der Waals surface area contributed by atoms with Gasteiger partial charge in [-0.15, -0.1) is 0 Å². The molecule has 1 saturated heterocycles. The van der Waals surface area contributed by atoms with E-state index in [1.807, 2.05) is 24.3 Å². The number of benzene rings is 1. The minimum absolute atomic E-state index is 0.0103. The van der Waals surface area contributed by atoms with E-state index in [4.69, 9.17) is 9.84 Å². The molecule has 1 fully saturated rings. The molecule has 0 aliphatic carbocycles. The van der Waals surface area contributed by atoms with E-state index in [0.717, 1.165) is 75.8 Å².